The van der Waals surface area contributed by atoms with Gasteiger partial charge in [0.2, 0.25) is 5.91 Å². The molecule has 1 aliphatic rings. The summed E-state index contributed by atoms with van der Waals surface area (Å²) in [5.41, 5.74) is 2.04. The summed E-state index contributed by atoms with van der Waals surface area (Å²) in [4.78, 5) is 28.6. The number of carbonyl (C=O) groups is 1. The summed E-state index contributed by atoms with van der Waals surface area (Å²) in [7, 11) is 0. The largest absolute Gasteiger partial charge is 0.377 e. The van der Waals surface area contributed by atoms with Crippen molar-refractivity contribution >= 4 is 5.91 Å². The second kappa shape index (κ2) is 6.75. The molecule has 0 unspecified atom stereocenters. The van der Waals surface area contributed by atoms with Crippen LogP contribution >= 0.6 is 0 Å². The van der Waals surface area contributed by atoms with Crippen molar-refractivity contribution in [1.82, 2.24) is 9.88 Å². The third kappa shape index (κ3) is 3.20. The predicted molar refractivity (Wildman–Crippen MR) is 81.6 cm³/mol. The van der Waals surface area contributed by atoms with Crippen LogP contribution in [-0.4, -0.2) is 41.6 Å². The molecule has 6 nitrogen and oxygen atoms in total. The molecule has 22 heavy (non-hydrogen) atoms. The lowest BCUT2D eigenvalue weighted by molar-refractivity contribution is -0.139. The molecule has 1 N–H and O–H groups in total. The number of rotatable bonds is 3. The first-order valence-electron chi connectivity index (χ1n) is 7.45. The molecule has 0 aromatic carbocycles. The van der Waals surface area contributed by atoms with Crippen LogP contribution in [0.15, 0.2) is 4.79 Å². The van der Waals surface area contributed by atoms with Gasteiger partial charge in [-0.3, -0.25) is 9.59 Å². The van der Waals surface area contributed by atoms with E-state index in [0.717, 1.165) is 11.3 Å². The second-order valence-corrected chi connectivity index (χ2v) is 5.68. The molecule has 2 rings (SSSR count). The van der Waals surface area contributed by atoms with Crippen LogP contribution in [0.1, 0.15) is 35.7 Å². The Morgan fingerprint density at radius 3 is 2.86 bits per heavy atom. The zero-order chi connectivity index (χ0) is 16.3. The second-order valence-electron chi connectivity index (χ2n) is 5.68. The number of ether oxygens (including phenoxy) is 1. The third-order valence-corrected chi connectivity index (χ3v) is 4.20. The van der Waals surface area contributed by atoms with Gasteiger partial charge in [-0.05, 0) is 38.3 Å². The van der Waals surface area contributed by atoms with Crippen LogP contribution in [0.2, 0.25) is 0 Å². The maximum atomic E-state index is 12.4. The first kappa shape index (κ1) is 16.2. The van der Waals surface area contributed by atoms with E-state index in [1.54, 1.807) is 13.8 Å². The Morgan fingerprint density at radius 1 is 1.50 bits per heavy atom. The van der Waals surface area contributed by atoms with E-state index < -0.39 is 0 Å². The van der Waals surface area contributed by atoms with Crippen molar-refractivity contribution < 1.29 is 9.53 Å². The molecule has 0 spiro atoms. The van der Waals surface area contributed by atoms with Gasteiger partial charge in [-0.2, -0.15) is 5.26 Å². The van der Waals surface area contributed by atoms with Crippen molar-refractivity contribution in [3.05, 3.63) is 32.7 Å². The number of amides is 1. The lowest BCUT2D eigenvalue weighted by atomic mass is 9.98. The zero-order valence-electron chi connectivity index (χ0n) is 13.2. The summed E-state index contributed by atoms with van der Waals surface area (Å²) in [5, 5.41) is 9.07. The molecule has 1 atom stereocenters. The Hall–Kier alpha value is -2.13. The molecule has 0 bridgehead atoms. The summed E-state index contributed by atoms with van der Waals surface area (Å²) in [5.74, 6) is 0.0827. The van der Waals surface area contributed by atoms with Gasteiger partial charge in [-0.25, -0.2) is 0 Å². The molecule has 118 valence electrons. The fourth-order valence-electron chi connectivity index (χ4n) is 2.89. The van der Waals surface area contributed by atoms with Gasteiger partial charge < -0.3 is 14.6 Å². The zero-order valence-corrected chi connectivity index (χ0v) is 13.2. The average molecular weight is 303 g/mol. The lowest BCUT2D eigenvalue weighted by Crippen LogP contribution is -2.47. The Morgan fingerprint density at radius 2 is 2.23 bits per heavy atom. The maximum absolute atomic E-state index is 12.4. The normalized spacial score (nSPS) is 18.1. The van der Waals surface area contributed by atoms with Crippen LogP contribution in [-0.2, 0) is 16.0 Å². The fourth-order valence-corrected chi connectivity index (χ4v) is 2.89. The number of pyridine rings is 1. The first-order valence-corrected chi connectivity index (χ1v) is 7.45. The van der Waals surface area contributed by atoms with E-state index in [1.165, 1.54) is 0 Å². The highest BCUT2D eigenvalue weighted by atomic mass is 16.5. The van der Waals surface area contributed by atoms with Crippen molar-refractivity contribution in [2.24, 2.45) is 0 Å². The van der Waals surface area contributed by atoms with Crippen LogP contribution in [0, 0.1) is 25.2 Å². The van der Waals surface area contributed by atoms with Gasteiger partial charge in [0.15, 0.2) is 0 Å². The maximum Gasteiger partial charge on any atom is 0.266 e. The molecule has 1 amide bonds. The predicted octanol–water partition coefficient (Wildman–Crippen LogP) is 1.04. The van der Waals surface area contributed by atoms with Crippen LogP contribution in [0.5, 0.6) is 0 Å². The fraction of sp³-hybridized carbons (Fsp3) is 0.562. The number of H-pyrrole nitrogens is 1. The smallest absolute Gasteiger partial charge is 0.266 e. The average Bonchev–Trinajstić information content (AvgIpc) is 2.47. The number of nitriles is 1. The molecule has 1 saturated heterocycles. The summed E-state index contributed by atoms with van der Waals surface area (Å²) in [6, 6.07) is 2.02. The summed E-state index contributed by atoms with van der Waals surface area (Å²) < 4.78 is 5.34. The van der Waals surface area contributed by atoms with Gasteiger partial charge in [0.1, 0.15) is 11.6 Å². The van der Waals surface area contributed by atoms with Crippen LogP contribution < -0.4 is 5.56 Å². The van der Waals surface area contributed by atoms with Crippen molar-refractivity contribution in [2.45, 2.75) is 39.7 Å². The van der Waals surface area contributed by atoms with Gasteiger partial charge in [0.05, 0.1) is 19.3 Å². The number of morpholine rings is 1. The quantitative estimate of drug-likeness (QED) is 0.904. The highest BCUT2D eigenvalue weighted by Crippen LogP contribution is 2.16. The van der Waals surface area contributed by atoms with Crippen LogP contribution in [0.25, 0.3) is 0 Å². The molecule has 6 heteroatoms. The number of aromatic nitrogens is 1. The SMILES string of the molecule is Cc1[nH]c(=O)c(C#N)c(C)c1CCC(=O)N1CCOC[C@H]1C. The Labute approximate surface area is 129 Å². The van der Waals surface area contributed by atoms with Crippen molar-refractivity contribution in [1.29, 1.82) is 5.26 Å². The highest BCUT2D eigenvalue weighted by molar-refractivity contribution is 5.77. The molecular weight excluding hydrogens is 282 g/mol. The van der Waals surface area contributed by atoms with Gasteiger partial charge in [0.25, 0.3) is 5.56 Å². The van der Waals surface area contributed by atoms with E-state index in [-0.39, 0.29) is 23.1 Å². The Balaban J connectivity index is 2.13. The summed E-state index contributed by atoms with van der Waals surface area (Å²) in [6.45, 7) is 7.30. The monoisotopic (exact) mass is 303 g/mol. The highest BCUT2D eigenvalue weighted by Gasteiger charge is 2.24. The molecule has 1 aromatic rings. The van der Waals surface area contributed by atoms with Gasteiger partial charge >= 0.3 is 0 Å². The van der Waals surface area contributed by atoms with E-state index >= 15 is 0 Å². The molecule has 0 aliphatic carbocycles. The number of carbonyl (C=O) groups excluding carboxylic acids is 1. The molecule has 1 aromatic heterocycles. The number of nitrogens with one attached hydrogen (secondary N) is 1. The number of hydrogen-bond acceptors (Lipinski definition) is 4. The van der Waals surface area contributed by atoms with E-state index in [0.29, 0.717) is 38.2 Å². The van der Waals surface area contributed by atoms with Crippen LogP contribution in [0.3, 0.4) is 0 Å². The first-order chi connectivity index (χ1) is 10.5. The minimum atomic E-state index is -0.366. The Kier molecular flexibility index (Phi) is 4.99. The van der Waals surface area contributed by atoms with Crippen molar-refractivity contribution in [2.75, 3.05) is 19.8 Å². The molecular formula is C16H21N3O3. The van der Waals surface area contributed by atoms with E-state index in [9.17, 15) is 9.59 Å². The van der Waals surface area contributed by atoms with Crippen molar-refractivity contribution in [3.63, 3.8) is 0 Å². The van der Waals surface area contributed by atoms with Gasteiger partial charge in [0, 0.05) is 18.7 Å². The summed E-state index contributed by atoms with van der Waals surface area (Å²) in [6.07, 6.45) is 0.884. The summed E-state index contributed by atoms with van der Waals surface area (Å²) >= 11 is 0. The standard InChI is InChI=1S/C16H21N3O3/c1-10-9-22-7-6-19(10)15(20)5-4-13-11(2)14(8-17)16(21)18-12(13)3/h10H,4-7,9H2,1-3H3,(H,18,21)/t10-/m1/s1. The van der Waals surface area contributed by atoms with E-state index in [2.05, 4.69) is 4.98 Å². The number of aromatic amines is 1. The van der Waals surface area contributed by atoms with Crippen LogP contribution in [0.4, 0.5) is 0 Å². The van der Waals surface area contributed by atoms with Gasteiger partial charge in [-0.1, -0.05) is 0 Å². The molecule has 1 aliphatic heterocycles. The Bertz CT molecular complexity index is 672. The number of hydrogen-bond donors (Lipinski definition) is 1. The minimum absolute atomic E-state index is 0.0827. The lowest BCUT2D eigenvalue weighted by Gasteiger charge is -2.33. The molecule has 2 heterocycles. The molecule has 0 saturated carbocycles. The molecule has 0 radical (unpaired) electrons. The third-order valence-electron chi connectivity index (χ3n) is 4.20. The number of nitrogens with zero attached hydrogens (tertiary/aromatic N) is 2. The molecule has 1 fully saturated rings. The van der Waals surface area contributed by atoms with E-state index in [1.807, 2.05) is 17.9 Å². The topological polar surface area (TPSA) is 86.2 Å². The van der Waals surface area contributed by atoms with E-state index in [4.69, 9.17) is 10.00 Å². The van der Waals surface area contributed by atoms with Gasteiger partial charge in [-0.15, -0.1) is 0 Å². The van der Waals surface area contributed by atoms with Crippen molar-refractivity contribution in [3.8, 4) is 6.07 Å². The minimum Gasteiger partial charge on any atom is -0.377 e. The number of aryl methyl sites for hydroxylation is 1.